The van der Waals surface area contributed by atoms with E-state index < -0.39 is 12.1 Å². The van der Waals surface area contributed by atoms with Crippen LogP contribution in [0.3, 0.4) is 0 Å². The molecule has 2 aromatic rings. The Balaban J connectivity index is 2.08. The molecule has 0 fully saturated rings. The van der Waals surface area contributed by atoms with Crippen molar-refractivity contribution < 1.29 is 9.18 Å². The number of hydrogen-bond donors (Lipinski definition) is 2. The van der Waals surface area contributed by atoms with Crippen LogP contribution < -0.4 is 5.32 Å². The number of hydrogen-bond acceptors (Lipinski definition) is 3. The fraction of sp³-hybridized carbons (Fsp3) is 0.143. The standard InChI is InChI=1S/C14H13BrFN3OS/c1-9(11-4-2-3-5-12(11)16)19(21)14(20)18-13-7-6-10(15)8-17-13/h2-9,21H,1H3,(H,17,18,20). The lowest BCUT2D eigenvalue weighted by atomic mass is 10.1. The number of pyridine rings is 1. The fourth-order valence-corrected chi connectivity index (χ4v) is 2.15. The first-order valence-electron chi connectivity index (χ1n) is 6.14. The summed E-state index contributed by atoms with van der Waals surface area (Å²) in [5.41, 5.74) is 0.395. The Morgan fingerprint density at radius 1 is 1.38 bits per heavy atom. The Labute approximate surface area is 136 Å². The van der Waals surface area contributed by atoms with Crippen molar-refractivity contribution in [3.8, 4) is 0 Å². The van der Waals surface area contributed by atoms with Gasteiger partial charge in [-0.25, -0.2) is 14.2 Å². The van der Waals surface area contributed by atoms with Crippen molar-refractivity contribution in [1.82, 2.24) is 9.29 Å². The number of halogens is 2. The van der Waals surface area contributed by atoms with Gasteiger partial charge in [0.05, 0.1) is 6.04 Å². The van der Waals surface area contributed by atoms with E-state index in [2.05, 4.69) is 39.0 Å². The van der Waals surface area contributed by atoms with Crippen LogP contribution in [0.25, 0.3) is 0 Å². The van der Waals surface area contributed by atoms with E-state index in [1.165, 1.54) is 6.07 Å². The average molecular weight is 370 g/mol. The molecule has 2 rings (SSSR count). The van der Waals surface area contributed by atoms with Gasteiger partial charge in [-0.3, -0.25) is 9.62 Å². The predicted molar refractivity (Wildman–Crippen MR) is 86.6 cm³/mol. The van der Waals surface area contributed by atoms with Crippen LogP contribution in [0.2, 0.25) is 0 Å². The molecule has 2 amide bonds. The topological polar surface area (TPSA) is 45.2 Å². The van der Waals surface area contributed by atoms with Gasteiger partial charge < -0.3 is 0 Å². The van der Waals surface area contributed by atoms with Gasteiger partial charge in [-0.1, -0.05) is 31.0 Å². The SMILES string of the molecule is CC(c1ccccc1F)N(S)C(=O)Nc1ccc(Br)cn1. The van der Waals surface area contributed by atoms with Crippen LogP contribution >= 0.6 is 28.7 Å². The van der Waals surface area contributed by atoms with E-state index >= 15 is 0 Å². The molecule has 0 saturated heterocycles. The maximum absolute atomic E-state index is 13.7. The molecule has 21 heavy (non-hydrogen) atoms. The zero-order valence-electron chi connectivity index (χ0n) is 11.1. The second-order valence-corrected chi connectivity index (χ2v) is 5.68. The third kappa shape index (κ3) is 3.95. The monoisotopic (exact) mass is 369 g/mol. The number of thiol groups is 1. The van der Waals surface area contributed by atoms with Crippen LogP contribution in [0.4, 0.5) is 15.0 Å². The molecule has 0 bridgehead atoms. The molecule has 1 N–H and O–H groups in total. The van der Waals surface area contributed by atoms with Gasteiger partial charge in [0.15, 0.2) is 0 Å². The number of carbonyl (C=O) groups excluding carboxylic acids is 1. The van der Waals surface area contributed by atoms with Gasteiger partial charge in [-0.15, -0.1) is 0 Å². The molecule has 1 heterocycles. The predicted octanol–water partition coefficient (Wildman–Crippen LogP) is 4.42. The van der Waals surface area contributed by atoms with Gasteiger partial charge in [0.1, 0.15) is 11.6 Å². The first-order chi connectivity index (χ1) is 9.99. The molecule has 0 radical (unpaired) electrons. The Morgan fingerprint density at radius 2 is 2.10 bits per heavy atom. The molecule has 7 heteroatoms. The summed E-state index contributed by atoms with van der Waals surface area (Å²) in [7, 11) is 0. The zero-order chi connectivity index (χ0) is 15.4. The lowest BCUT2D eigenvalue weighted by molar-refractivity contribution is 0.231. The van der Waals surface area contributed by atoms with Crippen LogP contribution in [0.1, 0.15) is 18.5 Å². The van der Waals surface area contributed by atoms with Crippen molar-refractivity contribution in [2.75, 3.05) is 5.32 Å². The summed E-state index contributed by atoms with van der Waals surface area (Å²) >= 11 is 7.41. The van der Waals surface area contributed by atoms with E-state index in [9.17, 15) is 9.18 Å². The summed E-state index contributed by atoms with van der Waals surface area (Å²) in [4.78, 5) is 16.1. The number of nitrogens with zero attached hydrogens (tertiary/aromatic N) is 2. The molecule has 1 aromatic heterocycles. The summed E-state index contributed by atoms with van der Waals surface area (Å²) in [5, 5.41) is 2.60. The van der Waals surface area contributed by atoms with Gasteiger partial charge in [0, 0.05) is 16.2 Å². The fourth-order valence-electron chi connectivity index (χ4n) is 1.74. The minimum atomic E-state index is -0.523. The molecular weight excluding hydrogens is 357 g/mol. The van der Waals surface area contributed by atoms with Gasteiger partial charge in [-0.05, 0) is 41.1 Å². The number of aromatic nitrogens is 1. The van der Waals surface area contributed by atoms with Crippen molar-refractivity contribution in [1.29, 1.82) is 0 Å². The smallest absolute Gasteiger partial charge is 0.291 e. The number of urea groups is 1. The molecule has 4 nitrogen and oxygen atoms in total. The molecule has 0 aliphatic carbocycles. The van der Waals surface area contributed by atoms with E-state index in [1.807, 2.05) is 0 Å². The Hall–Kier alpha value is -1.60. The van der Waals surface area contributed by atoms with Crippen molar-refractivity contribution in [3.63, 3.8) is 0 Å². The Kier molecular flexibility index (Phi) is 5.19. The van der Waals surface area contributed by atoms with Crippen LogP contribution in [-0.4, -0.2) is 15.3 Å². The highest BCUT2D eigenvalue weighted by Crippen LogP contribution is 2.25. The summed E-state index contributed by atoms with van der Waals surface area (Å²) in [5.74, 6) is 0.0154. The van der Waals surface area contributed by atoms with Crippen LogP contribution in [-0.2, 0) is 0 Å². The summed E-state index contributed by atoms with van der Waals surface area (Å²) in [6.45, 7) is 1.69. The minimum absolute atomic E-state index is 0.376. The Morgan fingerprint density at radius 3 is 2.71 bits per heavy atom. The number of amides is 2. The summed E-state index contributed by atoms with van der Waals surface area (Å²) < 4.78 is 15.7. The number of rotatable bonds is 3. The maximum atomic E-state index is 13.7. The summed E-state index contributed by atoms with van der Waals surface area (Å²) in [6, 6.07) is 8.68. The molecule has 0 spiro atoms. The average Bonchev–Trinajstić information content (AvgIpc) is 2.48. The molecule has 0 aliphatic heterocycles. The number of anilines is 1. The molecule has 1 unspecified atom stereocenters. The molecular formula is C14H13BrFN3OS. The molecule has 110 valence electrons. The largest absolute Gasteiger partial charge is 0.333 e. The van der Waals surface area contributed by atoms with Gasteiger partial charge >= 0.3 is 6.03 Å². The second kappa shape index (κ2) is 6.91. The third-order valence-electron chi connectivity index (χ3n) is 2.89. The highest BCUT2D eigenvalue weighted by Gasteiger charge is 2.21. The number of nitrogens with one attached hydrogen (secondary N) is 1. The highest BCUT2D eigenvalue weighted by molar-refractivity contribution is 9.10. The van der Waals surface area contributed by atoms with Crippen LogP contribution in [0.5, 0.6) is 0 Å². The van der Waals surface area contributed by atoms with Crippen molar-refractivity contribution in [3.05, 3.63) is 58.4 Å². The number of benzene rings is 1. The third-order valence-corrected chi connectivity index (χ3v) is 3.89. The van der Waals surface area contributed by atoms with Crippen molar-refractivity contribution >= 4 is 40.6 Å². The van der Waals surface area contributed by atoms with Gasteiger partial charge in [0.2, 0.25) is 0 Å². The van der Waals surface area contributed by atoms with E-state index in [-0.39, 0.29) is 5.82 Å². The first kappa shape index (κ1) is 15.8. The van der Waals surface area contributed by atoms with Gasteiger partial charge in [-0.2, -0.15) is 0 Å². The Bertz CT molecular complexity index is 638. The first-order valence-corrected chi connectivity index (χ1v) is 7.33. The lowest BCUT2D eigenvalue weighted by Gasteiger charge is -2.24. The van der Waals surface area contributed by atoms with E-state index in [1.54, 1.807) is 43.5 Å². The highest BCUT2D eigenvalue weighted by atomic mass is 79.9. The number of carbonyl (C=O) groups is 1. The molecule has 0 saturated carbocycles. The van der Waals surface area contributed by atoms with E-state index in [0.29, 0.717) is 11.4 Å². The maximum Gasteiger partial charge on any atom is 0.333 e. The van der Waals surface area contributed by atoms with Crippen LogP contribution in [0.15, 0.2) is 47.1 Å². The van der Waals surface area contributed by atoms with Crippen molar-refractivity contribution in [2.45, 2.75) is 13.0 Å². The molecule has 0 aliphatic rings. The van der Waals surface area contributed by atoms with E-state index in [0.717, 1.165) is 8.78 Å². The van der Waals surface area contributed by atoms with Crippen molar-refractivity contribution in [2.24, 2.45) is 0 Å². The van der Waals surface area contributed by atoms with Gasteiger partial charge in [0.25, 0.3) is 0 Å². The zero-order valence-corrected chi connectivity index (χ0v) is 13.6. The quantitative estimate of drug-likeness (QED) is 0.786. The van der Waals surface area contributed by atoms with Crippen LogP contribution in [0, 0.1) is 5.82 Å². The molecule has 1 atom stereocenters. The summed E-state index contributed by atoms with van der Waals surface area (Å²) in [6.07, 6.45) is 1.57. The normalized spacial score (nSPS) is 11.8. The lowest BCUT2D eigenvalue weighted by Crippen LogP contribution is -2.30. The van der Waals surface area contributed by atoms with E-state index in [4.69, 9.17) is 0 Å². The second-order valence-electron chi connectivity index (χ2n) is 4.33. The minimum Gasteiger partial charge on any atom is -0.291 e. The molecule has 1 aromatic carbocycles.